The molecular weight excluding hydrogens is 300 g/mol. The fourth-order valence-corrected chi connectivity index (χ4v) is 3.04. The van der Waals surface area contributed by atoms with Gasteiger partial charge in [0.1, 0.15) is 11.9 Å². The van der Waals surface area contributed by atoms with Gasteiger partial charge in [-0.15, -0.1) is 0 Å². The number of aromatic nitrogens is 2. The van der Waals surface area contributed by atoms with E-state index in [1.54, 1.807) is 22.9 Å². The zero-order valence-corrected chi connectivity index (χ0v) is 12.7. The molecule has 0 spiro atoms. The molecule has 0 bridgehead atoms. The highest BCUT2D eigenvalue weighted by atomic mass is 35.5. The summed E-state index contributed by atoms with van der Waals surface area (Å²) in [4.78, 5) is 17.3. The van der Waals surface area contributed by atoms with Crippen LogP contribution in [-0.2, 0) is 6.42 Å². The van der Waals surface area contributed by atoms with Crippen LogP contribution in [0.25, 0.3) is 16.7 Å². The van der Waals surface area contributed by atoms with E-state index in [0.717, 1.165) is 11.1 Å². The molecule has 1 aliphatic heterocycles. The van der Waals surface area contributed by atoms with Crippen LogP contribution in [0.15, 0.2) is 47.4 Å². The van der Waals surface area contributed by atoms with E-state index in [-0.39, 0.29) is 11.7 Å². The number of nitrogens with zero attached hydrogens (tertiary/aromatic N) is 2. The lowest BCUT2D eigenvalue weighted by atomic mass is 10.1. The molecule has 4 nitrogen and oxygen atoms in total. The Kier molecular flexibility index (Phi) is 2.94. The molecule has 4 rings (SSSR count). The summed E-state index contributed by atoms with van der Waals surface area (Å²) < 4.78 is 7.47. The first-order valence-electron chi connectivity index (χ1n) is 7.10. The Morgan fingerprint density at radius 3 is 2.82 bits per heavy atom. The monoisotopic (exact) mass is 312 g/mol. The largest absolute Gasteiger partial charge is 0.489 e. The molecule has 1 aliphatic rings. The van der Waals surface area contributed by atoms with E-state index in [9.17, 15) is 4.79 Å². The van der Waals surface area contributed by atoms with Gasteiger partial charge in [0.25, 0.3) is 5.56 Å². The minimum atomic E-state index is -0.0760. The third-order valence-electron chi connectivity index (χ3n) is 3.87. The van der Waals surface area contributed by atoms with Crippen LogP contribution < -0.4 is 10.3 Å². The molecular formula is C17H13ClN2O2. The van der Waals surface area contributed by atoms with Crippen molar-refractivity contribution in [3.8, 4) is 11.4 Å². The topological polar surface area (TPSA) is 44.1 Å². The molecule has 3 aromatic rings. The quantitative estimate of drug-likeness (QED) is 0.692. The van der Waals surface area contributed by atoms with Gasteiger partial charge in [0.05, 0.1) is 16.6 Å². The summed E-state index contributed by atoms with van der Waals surface area (Å²) >= 11 is 5.95. The van der Waals surface area contributed by atoms with Crippen molar-refractivity contribution in [3.05, 3.63) is 63.5 Å². The van der Waals surface area contributed by atoms with Crippen LogP contribution in [-0.4, -0.2) is 15.7 Å². The Bertz CT molecular complexity index is 932. The van der Waals surface area contributed by atoms with Crippen LogP contribution in [0.5, 0.6) is 5.75 Å². The number of halogens is 1. The molecule has 0 amide bonds. The summed E-state index contributed by atoms with van der Waals surface area (Å²) in [6, 6.07) is 11.0. The molecule has 2 aromatic heterocycles. The molecule has 5 heteroatoms. The fraction of sp³-hybridized carbons (Fsp3) is 0.176. The van der Waals surface area contributed by atoms with E-state index < -0.39 is 0 Å². The summed E-state index contributed by atoms with van der Waals surface area (Å²) in [5.74, 6) is 0.672. The van der Waals surface area contributed by atoms with Crippen LogP contribution >= 0.6 is 11.6 Å². The second kappa shape index (κ2) is 4.85. The first kappa shape index (κ1) is 13.3. The minimum Gasteiger partial charge on any atom is -0.489 e. The van der Waals surface area contributed by atoms with E-state index >= 15 is 0 Å². The molecule has 0 aliphatic carbocycles. The van der Waals surface area contributed by atoms with Gasteiger partial charge in [0.2, 0.25) is 0 Å². The van der Waals surface area contributed by atoms with Crippen molar-refractivity contribution in [2.75, 3.05) is 0 Å². The molecule has 3 heterocycles. The molecule has 22 heavy (non-hydrogen) atoms. The van der Waals surface area contributed by atoms with E-state index in [0.29, 0.717) is 28.4 Å². The first-order chi connectivity index (χ1) is 10.6. The molecule has 1 aromatic carbocycles. The van der Waals surface area contributed by atoms with Crippen LogP contribution in [0.2, 0.25) is 5.02 Å². The van der Waals surface area contributed by atoms with Crippen LogP contribution in [0.1, 0.15) is 12.5 Å². The fourth-order valence-electron chi connectivity index (χ4n) is 2.92. The molecule has 1 atom stereocenters. The van der Waals surface area contributed by atoms with Crippen molar-refractivity contribution in [2.45, 2.75) is 19.4 Å². The summed E-state index contributed by atoms with van der Waals surface area (Å²) in [5.41, 5.74) is 1.99. The Hall–Kier alpha value is -2.33. The maximum absolute atomic E-state index is 12.9. The standard InChI is InChI=1S/C17H13ClN2O2/c1-10-9-14-15(22-10)13-3-2-8-19-16(13)20(17(14)21)12-6-4-11(18)5-7-12/h2-8,10H,9H2,1H3. The number of rotatable bonds is 1. The number of pyridine rings is 2. The number of hydrogen-bond acceptors (Lipinski definition) is 3. The van der Waals surface area contributed by atoms with Gasteiger partial charge < -0.3 is 4.74 Å². The van der Waals surface area contributed by atoms with Gasteiger partial charge in [-0.3, -0.25) is 9.36 Å². The van der Waals surface area contributed by atoms with Crippen molar-refractivity contribution in [2.24, 2.45) is 0 Å². The van der Waals surface area contributed by atoms with Gasteiger partial charge >= 0.3 is 0 Å². The van der Waals surface area contributed by atoms with Crippen molar-refractivity contribution >= 4 is 22.6 Å². The molecule has 0 N–H and O–H groups in total. The average molecular weight is 313 g/mol. The van der Waals surface area contributed by atoms with Crippen molar-refractivity contribution in [1.82, 2.24) is 9.55 Å². The van der Waals surface area contributed by atoms with E-state index in [1.807, 2.05) is 31.2 Å². The van der Waals surface area contributed by atoms with E-state index in [4.69, 9.17) is 16.3 Å². The lowest BCUT2D eigenvalue weighted by Gasteiger charge is -2.12. The van der Waals surface area contributed by atoms with Crippen LogP contribution in [0.3, 0.4) is 0 Å². The van der Waals surface area contributed by atoms with Gasteiger partial charge in [-0.1, -0.05) is 11.6 Å². The summed E-state index contributed by atoms with van der Waals surface area (Å²) in [7, 11) is 0. The number of hydrogen-bond donors (Lipinski definition) is 0. The highest BCUT2D eigenvalue weighted by Crippen LogP contribution is 2.34. The van der Waals surface area contributed by atoms with Gasteiger partial charge in [-0.25, -0.2) is 4.98 Å². The van der Waals surface area contributed by atoms with E-state index in [1.165, 1.54) is 0 Å². The lowest BCUT2D eigenvalue weighted by Crippen LogP contribution is -2.22. The highest BCUT2D eigenvalue weighted by Gasteiger charge is 2.27. The molecule has 110 valence electrons. The number of fused-ring (bicyclic) bond motifs is 3. The van der Waals surface area contributed by atoms with Gasteiger partial charge in [0, 0.05) is 17.6 Å². The maximum Gasteiger partial charge on any atom is 0.263 e. The van der Waals surface area contributed by atoms with Crippen molar-refractivity contribution in [3.63, 3.8) is 0 Å². The molecule has 0 saturated heterocycles. The molecule has 0 radical (unpaired) electrons. The minimum absolute atomic E-state index is 0.00664. The summed E-state index contributed by atoms with van der Waals surface area (Å²) in [6.07, 6.45) is 2.30. The van der Waals surface area contributed by atoms with Gasteiger partial charge in [-0.2, -0.15) is 0 Å². The predicted molar refractivity (Wildman–Crippen MR) is 86.1 cm³/mol. The van der Waals surface area contributed by atoms with Crippen molar-refractivity contribution < 1.29 is 4.74 Å². The lowest BCUT2D eigenvalue weighted by molar-refractivity contribution is 0.257. The normalized spacial score (nSPS) is 16.5. The highest BCUT2D eigenvalue weighted by molar-refractivity contribution is 6.30. The summed E-state index contributed by atoms with van der Waals surface area (Å²) in [5, 5.41) is 1.49. The SMILES string of the molecule is CC1Cc2c(c3cccnc3n(-c3ccc(Cl)cc3)c2=O)O1. The summed E-state index contributed by atoms with van der Waals surface area (Å²) in [6.45, 7) is 1.97. The Morgan fingerprint density at radius 2 is 2.05 bits per heavy atom. The smallest absolute Gasteiger partial charge is 0.263 e. The Labute approximate surface area is 131 Å². The molecule has 0 fully saturated rings. The molecule has 1 unspecified atom stereocenters. The second-order valence-corrected chi connectivity index (χ2v) is 5.87. The Balaban J connectivity index is 2.11. The zero-order chi connectivity index (χ0) is 15.3. The van der Waals surface area contributed by atoms with Gasteiger partial charge in [-0.05, 0) is 43.3 Å². The predicted octanol–water partition coefficient (Wildman–Crippen LogP) is 3.36. The average Bonchev–Trinajstić information content (AvgIpc) is 2.92. The third-order valence-corrected chi connectivity index (χ3v) is 4.13. The van der Waals surface area contributed by atoms with Gasteiger partial charge in [0.15, 0.2) is 5.65 Å². The third kappa shape index (κ3) is 1.91. The molecule has 0 saturated carbocycles. The Morgan fingerprint density at radius 1 is 1.27 bits per heavy atom. The van der Waals surface area contributed by atoms with Crippen LogP contribution in [0, 0.1) is 0 Å². The second-order valence-electron chi connectivity index (χ2n) is 5.43. The van der Waals surface area contributed by atoms with Crippen LogP contribution in [0.4, 0.5) is 0 Å². The number of ether oxygens (including phenoxy) is 1. The zero-order valence-electron chi connectivity index (χ0n) is 11.9. The van der Waals surface area contributed by atoms with Crippen molar-refractivity contribution in [1.29, 1.82) is 0 Å². The first-order valence-corrected chi connectivity index (χ1v) is 7.48. The number of benzene rings is 1. The maximum atomic E-state index is 12.9. The van der Waals surface area contributed by atoms with E-state index in [2.05, 4.69) is 4.98 Å².